The Bertz CT molecular complexity index is 1660. The van der Waals surface area contributed by atoms with Gasteiger partial charge in [0.05, 0.1) is 13.2 Å². The van der Waals surface area contributed by atoms with Crippen molar-refractivity contribution in [1.82, 2.24) is 0 Å². The van der Waals surface area contributed by atoms with Crippen LogP contribution >= 0.6 is 0 Å². The van der Waals surface area contributed by atoms with E-state index < -0.39 is 41.2 Å². The molecule has 1 fully saturated rings. The first-order valence-electron chi connectivity index (χ1n) is 15.7. The van der Waals surface area contributed by atoms with Crippen LogP contribution in [0, 0.1) is 29.2 Å². The summed E-state index contributed by atoms with van der Waals surface area (Å²) in [5, 5.41) is 0. The largest absolute Gasteiger partial charge is 0.432 e. The molecule has 0 unspecified atom stereocenters. The van der Waals surface area contributed by atoms with E-state index in [0.29, 0.717) is 48.3 Å². The van der Waals surface area contributed by atoms with Crippen LogP contribution in [0.3, 0.4) is 0 Å². The summed E-state index contributed by atoms with van der Waals surface area (Å²) in [7, 11) is 0. The molecule has 0 atom stereocenters. The van der Waals surface area contributed by atoms with Crippen molar-refractivity contribution in [3.8, 4) is 28.0 Å². The molecule has 0 radical (unpaired) electrons. The van der Waals surface area contributed by atoms with Crippen molar-refractivity contribution in [3.05, 3.63) is 125 Å². The quantitative estimate of drug-likeness (QED) is 0.0816. The van der Waals surface area contributed by atoms with E-state index in [9.17, 15) is 13.2 Å². The van der Waals surface area contributed by atoms with Crippen LogP contribution in [0.5, 0.6) is 5.75 Å². The van der Waals surface area contributed by atoms with E-state index in [1.54, 1.807) is 24.3 Å². The summed E-state index contributed by atoms with van der Waals surface area (Å²) in [6, 6.07) is 15.7. The van der Waals surface area contributed by atoms with E-state index >= 15 is 13.2 Å². The third-order valence-electron chi connectivity index (χ3n) is 8.19. The molecular weight excluding hydrogens is 618 g/mol. The Hall–Kier alpha value is -4.08. The molecule has 0 saturated carbocycles. The summed E-state index contributed by atoms with van der Waals surface area (Å²) in [5.41, 5.74) is 0.402. The molecule has 0 bridgehead atoms. The second-order valence-corrected chi connectivity index (χ2v) is 11.7. The zero-order chi connectivity index (χ0) is 33.6. The van der Waals surface area contributed by atoms with Gasteiger partial charge in [0.2, 0.25) is 0 Å². The maximum atomic E-state index is 15.1. The van der Waals surface area contributed by atoms with E-state index in [-0.39, 0.29) is 22.8 Å². The number of hydrogen-bond donors (Lipinski definition) is 0. The number of allylic oxidation sites excluding steroid dienone is 1. The van der Waals surface area contributed by atoms with Crippen molar-refractivity contribution in [2.75, 3.05) is 13.2 Å². The molecule has 4 aromatic rings. The van der Waals surface area contributed by atoms with Crippen molar-refractivity contribution in [1.29, 1.82) is 0 Å². The van der Waals surface area contributed by atoms with Crippen molar-refractivity contribution in [2.45, 2.75) is 57.8 Å². The first-order valence-corrected chi connectivity index (χ1v) is 15.7. The number of halogens is 6. The zero-order valence-corrected chi connectivity index (χ0v) is 26.0. The topological polar surface area (TPSA) is 27.7 Å². The average molecular weight is 655 g/mol. The minimum absolute atomic E-state index is 0.0418. The number of unbranched alkanes of at least 4 members (excludes halogenated alkanes) is 2. The van der Waals surface area contributed by atoms with Gasteiger partial charge in [0, 0.05) is 17.0 Å². The van der Waals surface area contributed by atoms with Crippen LogP contribution in [0.4, 0.5) is 26.3 Å². The molecular formula is C38H36F6O3. The van der Waals surface area contributed by atoms with Gasteiger partial charge < -0.3 is 14.2 Å². The van der Waals surface area contributed by atoms with Gasteiger partial charge in [-0.05, 0) is 77.9 Å². The Morgan fingerprint density at radius 1 is 0.787 bits per heavy atom. The summed E-state index contributed by atoms with van der Waals surface area (Å²) >= 11 is 0. The van der Waals surface area contributed by atoms with Gasteiger partial charge in [-0.3, -0.25) is 0 Å². The van der Waals surface area contributed by atoms with E-state index in [2.05, 4.69) is 13.5 Å². The maximum absolute atomic E-state index is 15.1. The summed E-state index contributed by atoms with van der Waals surface area (Å²) in [4.78, 5) is 0. The molecule has 0 spiro atoms. The molecule has 5 rings (SSSR count). The van der Waals surface area contributed by atoms with Gasteiger partial charge >= 0.3 is 6.11 Å². The van der Waals surface area contributed by atoms with Crippen LogP contribution in [0.25, 0.3) is 22.3 Å². The normalized spacial score (nSPS) is 16.7. The van der Waals surface area contributed by atoms with Crippen LogP contribution in [-0.4, -0.2) is 13.2 Å². The first kappa shape index (κ1) is 34.3. The fourth-order valence-electron chi connectivity index (χ4n) is 5.61. The molecule has 1 heterocycles. The molecule has 1 aliphatic heterocycles. The second-order valence-electron chi connectivity index (χ2n) is 11.7. The highest BCUT2D eigenvalue weighted by Gasteiger charge is 2.42. The van der Waals surface area contributed by atoms with Crippen LogP contribution in [0.15, 0.2) is 85.5 Å². The van der Waals surface area contributed by atoms with Gasteiger partial charge in [0.25, 0.3) is 0 Å². The Morgan fingerprint density at radius 3 is 2.04 bits per heavy atom. The Labute approximate surface area is 270 Å². The minimum Gasteiger partial charge on any atom is -0.429 e. The molecule has 248 valence electrons. The molecule has 0 amide bonds. The van der Waals surface area contributed by atoms with Gasteiger partial charge in [-0.25, -0.2) is 17.6 Å². The average Bonchev–Trinajstić information content (AvgIpc) is 3.04. The van der Waals surface area contributed by atoms with Crippen LogP contribution in [0.2, 0.25) is 0 Å². The first-order chi connectivity index (χ1) is 22.6. The van der Waals surface area contributed by atoms with E-state index in [1.807, 2.05) is 0 Å². The predicted molar refractivity (Wildman–Crippen MR) is 169 cm³/mol. The number of alkyl halides is 2. The minimum atomic E-state index is -4.35. The number of benzene rings is 4. The second kappa shape index (κ2) is 15.2. The maximum Gasteiger partial charge on any atom is 0.432 e. The molecule has 1 saturated heterocycles. The van der Waals surface area contributed by atoms with Gasteiger partial charge in [0.15, 0.2) is 6.29 Å². The number of rotatable bonds is 13. The SMILES string of the molecule is C=CCCc1ccc(-c2ccc(-c3ccc(OC(F)(F)c4c(F)cc(C5OCC(CCCCC)CO5)cc4F)cc3)cc2F)cc1F. The van der Waals surface area contributed by atoms with Gasteiger partial charge in [-0.15, -0.1) is 6.58 Å². The Balaban J connectivity index is 1.25. The molecule has 1 aliphatic rings. The predicted octanol–water partition coefficient (Wildman–Crippen LogP) is 11.1. The molecule has 9 heteroatoms. The van der Waals surface area contributed by atoms with Crippen molar-refractivity contribution >= 4 is 0 Å². The summed E-state index contributed by atoms with van der Waals surface area (Å²) < 4.78 is 106. The smallest absolute Gasteiger partial charge is 0.429 e. The van der Waals surface area contributed by atoms with Crippen LogP contribution in [-0.2, 0) is 22.0 Å². The van der Waals surface area contributed by atoms with Crippen LogP contribution < -0.4 is 4.74 Å². The molecule has 0 N–H and O–H groups in total. The van der Waals surface area contributed by atoms with Crippen molar-refractivity contribution in [2.24, 2.45) is 5.92 Å². The number of ether oxygens (including phenoxy) is 3. The fraction of sp³-hybridized carbons (Fsp3) is 0.316. The molecule has 0 aromatic heterocycles. The van der Waals surface area contributed by atoms with Crippen molar-refractivity contribution < 1.29 is 40.6 Å². The fourth-order valence-corrected chi connectivity index (χ4v) is 5.61. The Morgan fingerprint density at radius 2 is 1.43 bits per heavy atom. The highest BCUT2D eigenvalue weighted by molar-refractivity contribution is 5.71. The van der Waals surface area contributed by atoms with E-state index in [1.165, 1.54) is 42.5 Å². The summed E-state index contributed by atoms with van der Waals surface area (Å²) in [5.74, 6) is -4.23. The highest BCUT2D eigenvalue weighted by Crippen LogP contribution is 2.38. The lowest BCUT2D eigenvalue weighted by Gasteiger charge is -2.30. The highest BCUT2D eigenvalue weighted by atomic mass is 19.3. The third-order valence-corrected chi connectivity index (χ3v) is 8.19. The Kier molecular flexibility index (Phi) is 11.1. The van der Waals surface area contributed by atoms with E-state index in [0.717, 1.165) is 37.8 Å². The van der Waals surface area contributed by atoms with Crippen molar-refractivity contribution in [3.63, 3.8) is 0 Å². The summed E-state index contributed by atoms with van der Waals surface area (Å²) in [6.45, 7) is 6.42. The molecule has 0 aliphatic carbocycles. The van der Waals surface area contributed by atoms with Gasteiger partial charge in [0.1, 0.15) is 34.6 Å². The monoisotopic (exact) mass is 654 g/mol. The summed E-state index contributed by atoms with van der Waals surface area (Å²) in [6.07, 6.45) is 1.49. The molecule has 4 aromatic carbocycles. The zero-order valence-electron chi connectivity index (χ0n) is 26.0. The molecule has 47 heavy (non-hydrogen) atoms. The lowest BCUT2D eigenvalue weighted by Crippen LogP contribution is -2.28. The van der Waals surface area contributed by atoms with Crippen LogP contribution in [0.1, 0.15) is 62.0 Å². The van der Waals surface area contributed by atoms with E-state index in [4.69, 9.17) is 14.2 Å². The number of aryl methyl sites for hydroxylation is 1. The lowest BCUT2D eigenvalue weighted by atomic mass is 9.98. The lowest BCUT2D eigenvalue weighted by molar-refractivity contribution is -0.206. The van der Waals surface area contributed by atoms with Gasteiger partial charge in [-0.2, -0.15) is 8.78 Å². The molecule has 3 nitrogen and oxygen atoms in total. The third kappa shape index (κ3) is 8.26. The van der Waals surface area contributed by atoms with Gasteiger partial charge in [-0.1, -0.05) is 68.7 Å². The standard InChI is InChI=1S/C38H36F6O3/c1-3-5-7-8-24-22-45-37(46-23-24)29-20-34(41)36(35(42)21-29)38(43,44)47-30-15-12-25(13-16-30)27-14-17-31(33(40)18-27)28-11-10-26(9-6-4-2)32(39)19-28/h4,10-21,24,37H,2-3,5-9,22-23H2,1H3. The number of hydrogen-bond acceptors (Lipinski definition) is 3.